The average molecular weight is 582 g/mol. The van der Waals surface area contributed by atoms with Crippen LogP contribution in [0.2, 0.25) is 0 Å². The number of benzene rings is 2. The third-order valence-electron chi connectivity index (χ3n) is 5.40. The lowest BCUT2D eigenvalue weighted by Gasteiger charge is -2.32. The highest BCUT2D eigenvalue weighted by Crippen LogP contribution is 2.19. The number of nitrogens with one attached hydrogen (secondary N) is 1. The number of carbonyl (C=O) groups excluding carboxylic acids is 2. The van der Waals surface area contributed by atoms with Crippen LogP contribution in [0.1, 0.15) is 37.0 Å². The Morgan fingerprint density at radius 3 is 2.32 bits per heavy atom. The number of carbonyl (C=O) groups is 3. The van der Waals surface area contributed by atoms with Crippen molar-refractivity contribution in [3.63, 3.8) is 0 Å². The van der Waals surface area contributed by atoms with Crippen LogP contribution in [0.15, 0.2) is 54.6 Å². The average Bonchev–Trinajstić information content (AvgIpc) is 2.88. The van der Waals surface area contributed by atoms with Gasteiger partial charge >= 0.3 is 5.97 Å². The molecule has 2 aromatic carbocycles. The van der Waals surface area contributed by atoms with Crippen molar-refractivity contribution in [1.29, 1.82) is 0 Å². The number of ether oxygens (including phenoxy) is 1. The molecule has 1 aliphatic heterocycles. The van der Waals surface area contributed by atoms with Gasteiger partial charge in [0.25, 0.3) is 6.47 Å². The van der Waals surface area contributed by atoms with Crippen molar-refractivity contribution >= 4 is 40.9 Å². The highest BCUT2D eigenvalue weighted by Gasteiger charge is 2.28. The highest BCUT2D eigenvalue weighted by molar-refractivity contribution is 14.1. The van der Waals surface area contributed by atoms with E-state index in [1.807, 2.05) is 59.2 Å². The van der Waals surface area contributed by atoms with Gasteiger partial charge in [-0.15, -0.1) is 0 Å². The van der Waals surface area contributed by atoms with Crippen LogP contribution in [-0.2, 0) is 38.5 Å². The predicted octanol–water partition coefficient (Wildman–Crippen LogP) is 3.87. The van der Waals surface area contributed by atoms with Crippen LogP contribution in [0.25, 0.3) is 0 Å². The number of hydrogen-bond donors (Lipinski definition) is 2. The van der Waals surface area contributed by atoms with Crippen molar-refractivity contribution in [1.82, 2.24) is 10.2 Å². The second kappa shape index (κ2) is 17.0. The van der Waals surface area contributed by atoms with E-state index in [1.54, 1.807) is 6.92 Å². The first-order valence-electron chi connectivity index (χ1n) is 11.3. The Morgan fingerprint density at radius 2 is 1.71 bits per heavy atom. The molecular formula is C26H35IN2O5. The molecule has 0 unspecified atom stereocenters. The summed E-state index contributed by atoms with van der Waals surface area (Å²) in [5.74, 6) is -0.277. The molecule has 0 aliphatic carbocycles. The zero-order valence-electron chi connectivity index (χ0n) is 20.1. The predicted molar refractivity (Wildman–Crippen MR) is 142 cm³/mol. The topological polar surface area (TPSA) is 95.9 Å². The van der Waals surface area contributed by atoms with Crippen LogP contribution >= 0.6 is 22.6 Å². The number of rotatable bonds is 8. The zero-order chi connectivity index (χ0) is 25.3. The van der Waals surface area contributed by atoms with E-state index in [0.717, 1.165) is 18.4 Å². The van der Waals surface area contributed by atoms with Gasteiger partial charge in [-0.25, -0.2) is 0 Å². The third kappa shape index (κ3) is 9.80. The standard InChI is InChI=1S/C24H30N2O3.CH3I.CH2O2/c1-3-29-24(28)22(14-13-19-9-5-4-6-10-19)25-18(2)23(27)26-16-15-20-11-7-8-12-21(20)17-26;1-2;2-1-3/h4-12,18,22,25H,3,13-17H2,1-2H3;1H3;1H,(H,2,3)/t18-,22-;;/m0../s1. The summed E-state index contributed by atoms with van der Waals surface area (Å²) in [7, 11) is 0. The van der Waals surface area contributed by atoms with Gasteiger partial charge in [-0.05, 0) is 54.7 Å². The molecule has 8 heteroatoms. The SMILES string of the molecule is CCOC(=O)[C@H](CCc1ccccc1)N[C@@H](C)C(=O)N1CCc2ccccc2C1.CI.O=CO. The molecular weight excluding hydrogens is 547 g/mol. The largest absolute Gasteiger partial charge is 0.483 e. The summed E-state index contributed by atoms with van der Waals surface area (Å²) in [4.78, 5) is 37.7. The minimum atomic E-state index is -0.508. The minimum absolute atomic E-state index is 0.0218. The third-order valence-corrected chi connectivity index (χ3v) is 5.40. The summed E-state index contributed by atoms with van der Waals surface area (Å²) >= 11 is 2.15. The summed E-state index contributed by atoms with van der Waals surface area (Å²) in [5.41, 5.74) is 3.67. The monoisotopic (exact) mass is 582 g/mol. The second-order valence-corrected chi connectivity index (χ2v) is 7.60. The van der Waals surface area contributed by atoms with Crippen LogP contribution in [-0.4, -0.2) is 58.5 Å². The lowest BCUT2D eigenvalue weighted by Crippen LogP contribution is -2.52. The van der Waals surface area contributed by atoms with E-state index < -0.39 is 12.1 Å². The van der Waals surface area contributed by atoms with E-state index in [9.17, 15) is 9.59 Å². The molecule has 34 heavy (non-hydrogen) atoms. The van der Waals surface area contributed by atoms with Gasteiger partial charge in [0.1, 0.15) is 6.04 Å². The first-order chi connectivity index (χ1) is 16.5. The highest BCUT2D eigenvalue weighted by atomic mass is 127. The van der Waals surface area contributed by atoms with Crippen LogP contribution in [0, 0.1) is 0 Å². The lowest BCUT2D eigenvalue weighted by molar-refractivity contribution is -0.146. The fourth-order valence-corrected chi connectivity index (χ4v) is 3.80. The molecule has 0 saturated heterocycles. The molecule has 0 bridgehead atoms. The van der Waals surface area contributed by atoms with Crippen molar-refractivity contribution in [2.45, 2.75) is 51.7 Å². The van der Waals surface area contributed by atoms with Crippen molar-refractivity contribution in [2.24, 2.45) is 0 Å². The van der Waals surface area contributed by atoms with Gasteiger partial charge in [0.05, 0.1) is 12.6 Å². The van der Waals surface area contributed by atoms with Gasteiger partial charge in [-0.3, -0.25) is 19.7 Å². The first-order valence-corrected chi connectivity index (χ1v) is 13.4. The molecule has 0 aromatic heterocycles. The molecule has 2 N–H and O–H groups in total. The Bertz CT molecular complexity index is 879. The summed E-state index contributed by atoms with van der Waals surface area (Å²) in [6, 6.07) is 17.3. The molecule has 0 spiro atoms. The number of aryl methyl sites for hydroxylation is 1. The maximum absolute atomic E-state index is 13.0. The van der Waals surface area contributed by atoms with Gasteiger partial charge in [0.15, 0.2) is 0 Å². The van der Waals surface area contributed by atoms with E-state index in [2.05, 4.69) is 40.0 Å². The molecule has 1 heterocycles. The zero-order valence-corrected chi connectivity index (χ0v) is 22.2. The summed E-state index contributed by atoms with van der Waals surface area (Å²) in [6.07, 6.45) is 2.20. The lowest BCUT2D eigenvalue weighted by atomic mass is 9.99. The molecule has 7 nitrogen and oxygen atoms in total. The van der Waals surface area contributed by atoms with E-state index in [1.165, 1.54) is 11.1 Å². The Labute approximate surface area is 216 Å². The van der Waals surface area contributed by atoms with Gasteiger partial charge < -0.3 is 14.7 Å². The Kier molecular flexibility index (Phi) is 14.8. The van der Waals surface area contributed by atoms with Crippen molar-refractivity contribution in [3.8, 4) is 0 Å². The molecule has 2 aromatic rings. The van der Waals surface area contributed by atoms with Crippen molar-refractivity contribution in [2.75, 3.05) is 18.1 Å². The fourth-order valence-electron chi connectivity index (χ4n) is 3.80. The van der Waals surface area contributed by atoms with E-state index in [-0.39, 0.29) is 18.3 Å². The number of nitrogens with zero attached hydrogens (tertiary/aromatic N) is 1. The molecule has 186 valence electrons. The van der Waals surface area contributed by atoms with E-state index >= 15 is 0 Å². The summed E-state index contributed by atoms with van der Waals surface area (Å²) in [5, 5.41) is 10.1. The van der Waals surface area contributed by atoms with Crippen LogP contribution in [0.4, 0.5) is 0 Å². The Balaban J connectivity index is 0.00000107. The number of carboxylic acid groups (broad SMARTS) is 1. The van der Waals surface area contributed by atoms with Crippen LogP contribution in [0.5, 0.6) is 0 Å². The van der Waals surface area contributed by atoms with Crippen molar-refractivity contribution < 1.29 is 24.2 Å². The quantitative estimate of drug-likeness (QED) is 0.213. The van der Waals surface area contributed by atoms with E-state index in [4.69, 9.17) is 14.6 Å². The van der Waals surface area contributed by atoms with Crippen molar-refractivity contribution in [3.05, 3.63) is 71.3 Å². The smallest absolute Gasteiger partial charge is 0.323 e. The molecule has 0 radical (unpaired) electrons. The number of fused-ring (bicyclic) bond motifs is 1. The van der Waals surface area contributed by atoms with E-state index in [0.29, 0.717) is 26.1 Å². The normalized spacial score (nSPS) is 13.6. The molecule has 3 rings (SSSR count). The maximum Gasteiger partial charge on any atom is 0.323 e. The van der Waals surface area contributed by atoms with Crippen LogP contribution < -0.4 is 5.32 Å². The minimum Gasteiger partial charge on any atom is -0.483 e. The first kappa shape index (κ1) is 29.6. The Morgan fingerprint density at radius 1 is 1.12 bits per heavy atom. The maximum atomic E-state index is 13.0. The molecule has 1 aliphatic rings. The summed E-state index contributed by atoms with van der Waals surface area (Å²) < 4.78 is 5.24. The molecule has 0 fully saturated rings. The number of amides is 1. The number of halogens is 1. The number of alkyl halides is 1. The molecule has 2 atom stereocenters. The second-order valence-electron chi connectivity index (χ2n) is 7.60. The number of hydrogen-bond acceptors (Lipinski definition) is 5. The van der Waals surface area contributed by atoms with Gasteiger partial charge in [0.2, 0.25) is 5.91 Å². The molecule has 1 amide bonds. The summed E-state index contributed by atoms with van der Waals surface area (Å²) in [6.45, 7) is 5.03. The fraction of sp³-hybridized carbons (Fsp3) is 0.423. The molecule has 0 saturated carbocycles. The van der Waals surface area contributed by atoms with Crippen LogP contribution in [0.3, 0.4) is 0 Å². The van der Waals surface area contributed by atoms with Gasteiger partial charge in [0, 0.05) is 13.1 Å². The van der Waals surface area contributed by atoms with Gasteiger partial charge in [-0.1, -0.05) is 77.2 Å². The van der Waals surface area contributed by atoms with Gasteiger partial charge in [-0.2, -0.15) is 0 Å². The Hall–Kier alpha value is -2.46. The number of esters is 1.